The van der Waals surface area contributed by atoms with Crippen LogP contribution in [-0.2, 0) is 0 Å². The third kappa shape index (κ3) is 2.48. The van der Waals surface area contributed by atoms with Crippen LogP contribution in [0.3, 0.4) is 0 Å². The first-order valence-corrected chi connectivity index (χ1v) is 8.55. The lowest BCUT2D eigenvalue weighted by atomic mass is 9.89. The summed E-state index contributed by atoms with van der Waals surface area (Å²) >= 11 is 1.92. The maximum Gasteiger partial charge on any atom is 0.0484 e. The minimum Gasteiger partial charge on any atom is -0.329 e. The van der Waals surface area contributed by atoms with Crippen molar-refractivity contribution >= 4 is 11.3 Å². The lowest BCUT2D eigenvalue weighted by Crippen LogP contribution is -2.46. The fraction of sp³-hybridized carbons (Fsp3) is 0.750. The third-order valence-corrected chi connectivity index (χ3v) is 6.08. The van der Waals surface area contributed by atoms with Gasteiger partial charge in [0.1, 0.15) is 0 Å². The van der Waals surface area contributed by atoms with Crippen molar-refractivity contribution in [1.29, 1.82) is 0 Å². The Kier molecular flexibility index (Phi) is 3.97. The molecule has 1 saturated heterocycles. The Morgan fingerprint density at radius 1 is 1.32 bits per heavy atom. The van der Waals surface area contributed by atoms with Gasteiger partial charge in [0.2, 0.25) is 0 Å². The highest BCUT2D eigenvalue weighted by molar-refractivity contribution is 7.12. The van der Waals surface area contributed by atoms with Crippen molar-refractivity contribution in [3.63, 3.8) is 0 Å². The van der Waals surface area contributed by atoms with Gasteiger partial charge in [0.25, 0.3) is 0 Å². The second-order valence-corrected chi connectivity index (χ2v) is 7.72. The number of piperidine rings is 1. The Labute approximate surface area is 121 Å². The van der Waals surface area contributed by atoms with Gasteiger partial charge in [-0.1, -0.05) is 6.42 Å². The lowest BCUT2D eigenvalue weighted by Gasteiger charge is -2.42. The summed E-state index contributed by atoms with van der Waals surface area (Å²) in [7, 11) is 0. The Morgan fingerprint density at radius 3 is 2.79 bits per heavy atom. The monoisotopic (exact) mass is 278 g/mol. The Hall–Kier alpha value is -0.380. The van der Waals surface area contributed by atoms with Crippen molar-refractivity contribution in [3.05, 3.63) is 21.4 Å². The summed E-state index contributed by atoms with van der Waals surface area (Å²) in [6, 6.07) is 3.63. The van der Waals surface area contributed by atoms with Gasteiger partial charge in [-0.2, -0.15) is 0 Å². The van der Waals surface area contributed by atoms with E-state index < -0.39 is 0 Å². The molecule has 1 aromatic heterocycles. The lowest BCUT2D eigenvalue weighted by molar-refractivity contribution is 0.0701. The molecule has 2 heterocycles. The molecule has 0 bridgehead atoms. The van der Waals surface area contributed by atoms with Crippen LogP contribution < -0.4 is 5.73 Å². The number of hydrogen-bond acceptors (Lipinski definition) is 3. The predicted molar refractivity (Wildman–Crippen MR) is 82.7 cm³/mol. The molecule has 3 rings (SSSR count). The highest BCUT2D eigenvalue weighted by Gasteiger charge is 2.38. The first-order chi connectivity index (χ1) is 9.20. The Bertz CT molecular complexity index is 440. The van der Waals surface area contributed by atoms with Gasteiger partial charge >= 0.3 is 0 Å². The van der Waals surface area contributed by atoms with Crippen molar-refractivity contribution in [3.8, 4) is 0 Å². The van der Waals surface area contributed by atoms with E-state index >= 15 is 0 Å². The molecule has 0 radical (unpaired) electrons. The molecule has 1 aliphatic carbocycles. The average Bonchev–Trinajstić information content (AvgIpc) is 2.98. The SMILES string of the molecule is Cc1cc(C(CN)N2CCCC3CCCC32)c(C)s1. The standard InChI is InChI=1S/C16H26N2S/c1-11-9-14(12(2)19-11)16(10-17)18-8-4-6-13-5-3-7-15(13)18/h9,13,15-16H,3-8,10,17H2,1-2H3. The first-order valence-electron chi connectivity index (χ1n) is 7.73. The normalized spacial score (nSPS) is 29.4. The fourth-order valence-corrected chi connectivity index (χ4v) is 5.28. The molecule has 19 heavy (non-hydrogen) atoms. The number of thiophene rings is 1. The molecule has 3 unspecified atom stereocenters. The molecule has 3 atom stereocenters. The van der Waals surface area contributed by atoms with Gasteiger partial charge in [0.15, 0.2) is 0 Å². The maximum atomic E-state index is 6.16. The van der Waals surface area contributed by atoms with Gasteiger partial charge in [-0.05, 0) is 63.6 Å². The average molecular weight is 278 g/mol. The predicted octanol–water partition coefficient (Wildman–Crippen LogP) is 3.63. The molecule has 1 saturated carbocycles. The first kappa shape index (κ1) is 13.6. The number of fused-ring (bicyclic) bond motifs is 1. The molecular weight excluding hydrogens is 252 g/mol. The summed E-state index contributed by atoms with van der Waals surface area (Å²) < 4.78 is 0. The summed E-state index contributed by atoms with van der Waals surface area (Å²) in [5.74, 6) is 0.947. The number of hydrogen-bond donors (Lipinski definition) is 1. The van der Waals surface area contributed by atoms with Crippen molar-refractivity contribution in [2.45, 2.75) is 58.0 Å². The van der Waals surface area contributed by atoms with Gasteiger partial charge in [-0.25, -0.2) is 0 Å². The van der Waals surface area contributed by atoms with E-state index in [-0.39, 0.29) is 0 Å². The smallest absolute Gasteiger partial charge is 0.0484 e. The zero-order chi connectivity index (χ0) is 13.4. The molecular formula is C16H26N2S. The van der Waals surface area contributed by atoms with Gasteiger partial charge < -0.3 is 5.73 Å². The van der Waals surface area contributed by atoms with E-state index in [4.69, 9.17) is 5.73 Å². The second-order valence-electron chi connectivity index (χ2n) is 6.26. The van der Waals surface area contributed by atoms with Crippen molar-refractivity contribution in [1.82, 2.24) is 4.90 Å². The van der Waals surface area contributed by atoms with Gasteiger partial charge in [-0.15, -0.1) is 11.3 Å². The minimum atomic E-state index is 0.454. The van der Waals surface area contributed by atoms with E-state index in [9.17, 15) is 0 Å². The van der Waals surface area contributed by atoms with Crippen molar-refractivity contribution in [2.75, 3.05) is 13.1 Å². The summed E-state index contributed by atoms with van der Waals surface area (Å²) in [6.07, 6.45) is 7.06. The van der Waals surface area contributed by atoms with E-state index in [0.29, 0.717) is 6.04 Å². The number of nitrogens with two attached hydrogens (primary N) is 1. The fourth-order valence-electron chi connectivity index (χ4n) is 4.30. The van der Waals surface area contributed by atoms with Crippen LogP contribution >= 0.6 is 11.3 Å². The zero-order valence-electron chi connectivity index (χ0n) is 12.2. The molecule has 2 fully saturated rings. The van der Waals surface area contributed by atoms with E-state index in [1.165, 1.54) is 54.0 Å². The van der Waals surface area contributed by atoms with Crippen LogP contribution in [0.1, 0.15) is 53.5 Å². The van der Waals surface area contributed by atoms with E-state index in [1.54, 1.807) is 0 Å². The molecule has 1 aliphatic heterocycles. The highest BCUT2D eigenvalue weighted by Crippen LogP contribution is 2.41. The van der Waals surface area contributed by atoms with E-state index in [2.05, 4.69) is 24.8 Å². The van der Waals surface area contributed by atoms with Crippen LogP contribution in [0.15, 0.2) is 6.07 Å². The van der Waals surface area contributed by atoms with Crippen LogP contribution in [0.5, 0.6) is 0 Å². The minimum absolute atomic E-state index is 0.454. The summed E-state index contributed by atoms with van der Waals surface area (Å²) in [4.78, 5) is 5.63. The molecule has 1 aromatic rings. The van der Waals surface area contributed by atoms with Crippen LogP contribution in [0.25, 0.3) is 0 Å². The number of nitrogens with zero attached hydrogens (tertiary/aromatic N) is 1. The van der Waals surface area contributed by atoms with Crippen LogP contribution in [0, 0.1) is 19.8 Å². The highest BCUT2D eigenvalue weighted by atomic mass is 32.1. The molecule has 3 heteroatoms. The molecule has 0 amide bonds. The second kappa shape index (κ2) is 5.55. The molecule has 2 nitrogen and oxygen atoms in total. The van der Waals surface area contributed by atoms with Gasteiger partial charge in [0.05, 0.1) is 0 Å². The van der Waals surface area contributed by atoms with Crippen molar-refractivity contribution < 1.29 is 0 Å². The van der Waals surface area contributed by atoms with Crippen molar-refractivity contribution in [2.24, 2.45) is 11.7 Å². The molecule has 0 aromatic carbocycles. The molecule has 106 valence electrons. The Balaban J connectivity index is 1.87. The molecule has 0 spiro atoms. The largest absolute Gasteiger partial charge is 0.329 e. The topological polar surface area (TPSA) is 29.3 Å². The van der Waals surface area contributed by atoms with E-state index in [0.717, 1.165) is 18.5 Å². The third-order valence-electron chi connectivity index (χ3n) is 5.10. The maximum absolute atomic E-state index is 6.16. The van der Waals surface area contributed by atoms with Crippen LogP contribution in [-0.4, -0.2) is 24.0 Å². The van der Waals surface area contributed by atoms with Gasteiger partial charge in [-0.3, -0.25) is 4.90 Å². The summed E-state index contributed by atoms with van der Waals surface area (Å²) in [5.41, 5.74) is 7.66. The number of likely N-dealkylation sites (tertiary alicyclic amines) is 1. The van der Waals surface area contributed by atoms with Gasteiger partial charge in [0, 0.05) is 28.4 Å². The van der Waals surface area contributed by atoms with E-state index in [1.807, 2.05) is 11.3 Å². The van der Waals surface area contributed by atoms with Crippen LogP contribution in [0.4, 0.5) is 0 Å². The zero-order valence-corrected chi connectivity index (χ0v) is 13.0. The number of aryl methyl sites for hydroxylation is 2. The van der Waals surface area contributed by atoms with Crippen LogP contribution in [0.2, 0.25) is 0 Å². The number of rotatable bonds is 3. The molecule has 2 N–H and O–H groups in total. The quantitative estimate of drug-likeness (QED) is 0.915. The molecule has 2 aliphatic rings. The summed E-state index contributed by atoms with van der Waals surface area (Å²) in [6.45, 7) is 6.48. The Morgan fingerprint density at radius 2 is 2.11 bits per heavy atom. The summed E-state index contributed by atoms with van der Waals surface area (Å²) in [5, 5.41) is 0.